The van der Waals surface area contributed by atoms with Crippen molar-refractivity contribution in [1.29, 1.82) is 0 Å². The second-order valence-corrected chi connectivity index (χ2v) is 9.07. The van der Waals surface area contributed by atoms with E-state index >= 15 is 0 Å². The second-order valence-electron chi connectivity index (χ2n) is 6.22. The highest BCUT2D eigenvalue weighted by Gasteiger charge is 2.35. The van der Waals surface area contributed by atoms with Crippen LogP contribution in [0.25, 0.3) is 0 Å². The van der Waals surface area contributed by atoms with Gasteiger partial charge in [-0.25, -0.2) is 18.4 Å². The Morgan fingerprint density at radius 2 is 1.79 bits per heavy atom. The van der Waals surface area contributed by atoms with Gasteiger partial charge in [0.1, 0.15) is 0 Å². The number of halogens is 4. The maximum absolute atomic E-state index is 12.7. The third-order valence-electron chi connectivity index (χ3n) is 4.29. The van der Waals surface area contributed by atoms with Crippen molar-refractivity contribution in [2.75, 3.05) is 18.4 Å². The average molecular weight is 481 g/mol. The standard InChI is InChI=1S/C16H16BrF3N4O3S/c17-11-1-3-12(4-2-11)28(26,27)24-6-5-13(14(25)9-24)23-15-21-7-10(8-22-15)16(18,19)20/h1-4,7-8,13-14,25H,5-6,9H2,(H,21,22,23)/t13-,14+/m1/s1. The van der Waals surface area contributed by atoms with Crippen LogP contribution in [0, 0.1) is 0 Å². The van der Waals surface area contributed by atoms with Crippen LogP contribution >= 0.6 is 15.9 Å². The SMILES string of the molecule is O=S(=O)(c1ccc(Br)cc1)N1CC[C@@H](Nc2ncc(C(F)(F)F)cn2)[C@@H](O)C1. The molecule has 0 amide bonds. The molecule has 1 aliphatic heterocycles. The summed E-state index contributed by atoms with van der Waals surface area (Å²) in [5.41, 5.74) is -0.978. The molecule has 2 N–H and O–H groups in total. The molecule has 3 rings (SSSR count). The van der Waals surface area contributed by atoms with Crippen molar-refractivity contribution in [1.82, 2.24) is 14.3 Å². The summed E-state index contributed by atoms with van der Waals surface area (Å²) in [6, 6.07) is 5.56. The molecule has 1 aromatic heterocycles. The van der Waals surface area contributed by atoms with Crippen LogP contribution in [-0.2, 0) is 16.2 Å². The molecule has 0 aliphatic carbocycles. The monoisotopic (exact) mass is 480 g/mol. The van der Waals surface area contributed by atoms with Crippen LogP contribution in [-0.4, -0.2) is 53.0 Å². The number of hydrogen-bond donors (Lipinski definition) is 2. The van der Waals surface area contributed by atoms with Gasteiger partial charge in [-0.3, -0.25) is 0 Å². The van der Waals surface area contributed by atoms with Gasteiger partial charge in [-0.05, 0) is 30.7 Å². The predicted molar refractivity (Wildman–Crippen MR) is 98.0 cm³/mol. The van der Waals surface area contributed by atoms with Crippen LogP contribution in [0.2, 0.25) is 0 Å². The Bertz CT molecular complexity index is 924. The second kappa shape index (κ2) is 7.93. The Balaban J connectivity index is 1.66. The van der Waals surface area contributed by atoms with E-state index < -0.39 is 33.9 Å². The van der Waals surface area contributed by atoms with Crippen molar-refractivity contribution in [3.63, 3.8) is 0 Å². The smallest absolute Gasteiger partial charge is 0.390 e. The molecule has 1 fully saturated rings. The molecular formula is C16H16BrF3N4O3S. The number of aliphatic hydroxyl groups is 1. The number of nitrogens with zero attached hydrogens (tertiary/aromatic N) is 3. The van der Waals surface area contributed by atoms with Crippen molar-refractivity contribution in [2.45, 2.75) is 29.6 Å². The number of aromatic nitrogens is 2. The lowest BCUT2D eigenvalue weighted by molar-refractivity contribution is -0.138. The van der Waals surface area contributed by atoms with E-state index in [9.17, 15) is 26.7 Å². The third-order valence-corrected chi connectivity index (χ3v) is 6.70. The van der Waals surface area contributed by atoms with Gasteiger partial charge >= 0.3 is 6.18 Å². The number of rotatable bonds is 4. The molecule has 0 bridgehead atoms. The molecule has 7 nitrogen and oxygen atoms in total. The number of hydrogen-bond acceptors (Lipinski definition) is 6. The average Bonchev–Trinajstić information content (AvgIpc) is 2.63. The van der Waals surface area contributed by atoms with Crippen molar-refractivity contribution in [2.24, 2.45) is 0 Å². The van der Waals surface area contributed by atoms with E-state index in [-0.39, 0.29) is 30.4 Å². The lowest BCUT2D eigenvalue weighted by atomic mass is 10.0. The van der Waals surface area contributed by atoms with Gasteiger partial charge in [-0.1, -0.05) is 15.9 Å². The molecule has 0 unspecified atom stereocenters. The highest BCUT2D eigenvalue weighted by molar-refractivity contribution is 9.10. The Kier molecular flexibility index (Phi) is 5.94. The summed E-state index contributed by atoms with van der Waals surface area (Å²) in [5, 5.41) is 13.1. The summed E-state index contributed by atoms with van der Waals surface area (Å²) in [4.78, 5) is 7.33. The molecule has 1 aromatic carbocycles. The zero-order chi connectivity index (χ0) is 20.5. The highest BCUT2D eigenvalue weighted by atomic mass is 79.9. The van der Waals surface area contributed by atoms with Crippen molar-refractivity contribution in [3.8, 4) is 0 Å². The normalized spacial score (nSPS) is 21.5. The van der Waals surface area contributed by atoms with Gasteiger partial charge in [0.25, 0.3) is 0 Å². The molecule has 0 spiro atoms. The van der Waals surface area contributed by atoms with Crippen LogP contribution in [0.1, 0.15) is 12.0 Å². The predicted octanol–water partition coefficient (Wildman–Crippen LogP) is 2.49. The summed E-state index contributed by atoms with van der Waals surface area (Å²) in [6.45, 7) is -0.0234. The number of benzene rings is 1. The molecular weight excluding hydrogens is 465 g/mol. The molecule has 1 saturated heterocycles. The van der Waals surface area contributed by atoms with E-state index in [1.54, 1.807) is 12.1 Å². The molecule has 152 valence electrons. The van der Waals surface area contributed by atoms with Crippen molar-refractivity contribution >= 4 is 31.9 Å². The minimum absolute atomic E-state index is 0.0683. The number of aliphatic hydroxyl groups excluding tert-OH is 1. The van der Waals surface area contributed by atoms with Crippen LogP contribution in [0.5, 0.6) is 0 Å². The fraction of sp³-hybridized carbons (Fsp3) is 0.375. The molecule has 2 heterocycles. The largest absolute Gasteiger partial charge is 0.419 e. The van der Waals surface area contributed by atoms with Gasteiger partial charge in [0, 0.05) is 30.0 Å². The molecule has 0 radical (unpaired) electrons. The molecule has 2 aromatic rings. The van der Waals surface area contributed by atoms with E-state index in [2.05, 4.69) is 31.2 Å². The lowest BCUT2D eigenvalue weighted by Crippen LogP contribution is -2.51. The summed E-state index contributed by atoms with van der Waals surface area (Å²) in [6.07, 6.45) is -4.08. The van der Waals surface area contributed by atoms with Crippen LogP contribution in [0.3, 0.4) is 0 Å². The number of alkyl halides is 3. The van der Waals surface area contributed by atoms with E-state index in [0.29, 0.717) is 12.4 Å². The Morgan fingerprint density at radius 3 is 2.32 bits per heavy atom. The number of piperidine rings is 1. The number of β-amino-alcohol motifs (C(OH)–C–C–N with tert-alkyl or cyclic N) is 1. The quantitative estimate of drug-likeness (QED) is 0.697. The van der Waals surface area contributed by atoms with E-state index in [1.165, 1.54) is 16.4 Å². The van der Waals surface area contributed by atoms with Gasteiger partial charge in [0.05, 0.1) is 22.6 Å². The molecule has 28 heavy (non-hydrogen) atoms. The Hall–Kier alpha value is -1.76. The van der Waals surface area contributed by atoms with E-state index in [0.717, 1.165) is 4.47 Å². The first-order chi connectivity index (χ1) is 13.1. The first kappa shape index (κ1) is 21.0. The van der Waals surface area contributed by atoms with Gasteiger partial charge in [0.2, 0.25) is 16.0 Å². The Morgan fingerprint density at radius 1 is 1.18 bits per heavy atom. The minimum atomic E-state index is -4.54. The Labute approximate surface area is 167 Å². The minimum Gasteiger partial charge on any atom is -0.390 e. The molecule has 1 aliphatic rings. The fourth-order valence-electron chi connectivity index (χ4n) is 2.76. The van der Waals surface area contributed by atoms with E-state index in [1.807, 2.05) is 0 Å². The highest BCUT2D eigenvalue weighted by Crippen LogP contribution is 2.28. The number of anilines is 1. The number of sulfonamides is 1. The summed E-state index contributed by atoms with van der Waals surface area (Å²) in [7, 11) is -3.76. The summed E-state index contributed by atoms with van der Waals surface area (Å²) < 4.78 is 64.9. The van der Waals surface area contributed by atoms with Gasteiger partial charge < -0.3 is 10.4 Å². The lowest BCUT2D eigenvalue weighted by Gasteiger charge is -2.35. The van der Waals surface area contributed by atoms with Gasteiger partial charge in [-0.15, -0.1) is 0 Å². The third kappa shape index (κ3) is 4.62. The zero-order valence-corrected chi connectivity index (χ0v) is 16.7. The number of nitrogens with one attached hydrogen (secondary N) is 1. The molecule has 12 heteroatoms. The van der Waals surface area contributed by atoms with Gasteiger partial charge in [-0.2, -0.15) is 17.5 Å². The summed E-state index contributed by atoms with van der Waals surface area (Å²) in [5.74, 6) is -0.0683. The molecule has 2 atom stereocenters. The maximum atomic E-state index is 12.7. The van der Waals surface area contributed by atoms with Crippen LogP contribution in [0.15, 0.2) is 46.0 Å². The molecule has 0 saturated carbocycles. The zero-order valence-electron chi connectivity index (χ0n) is 14.3. The van der Waals surface area contributed by atoms with Gasteiger partial charge in [0.15, 0.2) is 0 Å². The topological polar surface area (TPSA) is 95.4 Å². The van der Waals surface area contributed by atoms with Crippen LogP contribution in [0.4, 0.5) is 19.1 Å². The van der Waals surface area contributed by atoms with Crippen LogP contribution < -0.4 is 5.32 Å². The first-order valence-electron chi connectivity index (χ1n) is 8.17. The first-order valence-corrected chi connectivity index (χ1v) is 10.4. The fourth-order valence-corrected chi connectivity index (χ4v) is 4.50. The van der Waals surface area contributed by atoms with E-state index in [4.69, 9.17) is 0 Å². The summed E-state index contributed by atoms with van der Waals surface area (Å²) >= 11 is 3.24. The maximum Gasteiger partial charge on any atom is 0.419 e. The van der Waals surface area contributed by atoms with Crippen molar-refractivity contribution < 1.29 is 26.7 Å². The van der Waals surface area contributed by atoms with Crippen molar-refractivity contribution in [3.05, 3.63) is 46.7 Å².